The van der Waals surface area contributed by atoms with E-state index < -0.39 is 0 Å². The van der Waals surface area contributed by atoms with E-state index in [1.54, 1.807) is 18.3 Å². The van der Waals surface area contributed by atoms with Crippen LogP contribution in [0.2, 0.25) is 0 Å². The fraction of sp³-hybridized carbons (Fsp3) is 0.133. The highest BCUT2D eigenvalue weighted by Gasteiger charge is 2.14. The SMILES string of the molecule is CC(=O)c1ccc(-c2nc3ccc4c(ncn4C)c3s2)s1. The summed E-state index contributed by atoms with van der Waals surface area (Å²) in [6.45, 7) is 1.59. The van der Waals surface area contributed by atoms with Crippen molar-refractivity contribution >= 4 is 49.7 Å². The maximum Gasteiger partial charge on any atom is 0.169 e. The van der Waals surface area contributed by atoms with Crippen LogP contribution < -0.4 is 0 Å². The summed E-state index contributed by atoms with van der Waals surface area (Å²) in [5.74, 6) is 0.0967. The van der Waals surface area contributed by atoms with Crippen molar-refractivity contribution in [3.63, 3.8) is 0 Å². The van der Waals surface area contributed by atoms with Crippen molar-refractivity contribution in [1.29, 1.82) is 0 Å². The Bertz CT molecular complexity index is 993. The molecule has 0 aliphatic carbocycles. The number of hydrogen-bond donors (Lipinski definition) is 0. The zero-order valence-electron chi connectivity index (χ0n) is 11.5. The summed E-state index contributed by atoms with van der Waals surface area (Å²) in [6, 6.07) is 7.90. The molecule has 4 rings (SSSR count). The quantitative estimate of drug-likeness (QED) is 0.523. The van der Waals surface area contributed by atoms with Crippen molar-refractivity contribution < 1.29 is 4.79 Å². The molecule has 3 heterocycles. The molecule has 0 aliphatic rings. The summed E-state index contributed by atoms with van der Waals surface area (Å²) < 4.78 is 3.11. The molecule has 0 fully saturated rings. The number of Topliss-reactive ketones (excluding diaryl/α,β-unsaturated/α-hetero) is 1. The molecule has 0 unspecified atom stereocenters. The van der Waals surface area contributed by atoms with Crippen LogP contribution in [0.25, 0.3) is 31.1 Å². The molecule has 0 saturated heterocycles. The van der Waals surface area contributed by atoms with Crippen molar-refractivity contribution in [3.8, 4) is 9.88 Å². The van der Waals surface area contributed by atoms with E-state index in [4.69, 9.17) is 0 Å². The molecule has 0 bridgehead atoms. The van der Waals surface area contributed by atoms with Crippen molar-refractivity contribution in [3.05, 3.63) is 35.5 Å². The van der Waals surface area contributed by atoms with Crippen LogP contribution in [0.3, 0.4) is 0 Å². The van der Waals surface area contributed by atoms with Gasteiger partial charge < -0.3 is 4.57 Å². The number of carbonyl (C=O) groups is 1. The van der Waals surface area contributed by atoms with Gasteiger partial charge in [-0.15, -0.1) is 22.7 Å². The van der Waals surface area contributed by atoms with Crippen molar-refractivity contribution in [2.24, 2.45) is 7.05 Å². The fourth-order valence-corrected chi connectivity index (χ4v) is 4.34. The summed E-state index contributed by atoms with van der Waals surface area (Å²) in [4.78, 5) is 22.4. The van der Waals surface area contributed by atoms with Gasteiger partial charge in [0.1, 0.15) is 10.5 Å². The molecule has 0 N–H and O–H groups in total. The normalized spacial score (nSPS) is 11.5. The molecule has 3 aromatic heterocycles. The molecule has 6 heteroatoms. The molecule has 0 saturated carbocycles. The molecule has 4 nitrogen and oxygen atoms in total. The first-order valence-electron chi connectivity index (χ1n) is 6.45. The van der Waals surface area contributed by atoms with Gasteiger partial charge in [-0.2, -0.15) is 0 Å². The minimum Gasteiger partial charge on any atom is -0.334 e. The number of rotatable bonds is 2. The van der Waals surface area contributed by atoms with Gasteiger partial charge in [0.25, 0.3) is 0 Å². The number of thiazole rings is 1. The molecular formula is C15H11N3OS2. The third-order valence-corrected chi connectivity index (χ3v) is 5.85. The molecule has 1 aromatic carbocycles. The first-order chi connectivity index (χ1) is 10.1. The number of hydrogen-bond acceptors (Lipinski definition) is 5. The van der Waals surface area contributed by atoms with Crippen molar-refractivity contribution in [2.45, 2.75) is 6.92 Å². The Morgan fingerprint density at radius 1 is 1.19 bits per heavy atom. The van der Waals surface area contributed by atoms with Crippen molar-refractivity contribution in [1.82, 2.24) is 14.5 Å². The summed E-state index contributed by atoms with van der Waals surface area (Å²) in [7, 11) is 1.99. The molecule has 104 valence electrons. The highest BCUT2D eigenvalue weighted by Crippen LogP contribution is 2.37. The number of benzene rings is 1. The Labute approximate surface area is 128 Å². The molecule has 0 spiro atoms. The van der Waals surface area contributed by atoms with Crippen LogP contribution in [0, 0.1) is 0 Å². The monoisotopic (exact) mass is 313 g/mol. The minimum absolute atomic E-state index is 0.0967. The lowest BCUT2D eigenvalue weighted by molar-refractivity contribution is 0.102. The van der Waals surface area contributed by atoms with Gasteiger partial charge in [-0.05, 0) is 31.2 Å². The Balaban J connectivity index is 1.93. The lowest BCUT2D eigenvalue weighted by Gasteiger charge is -1.93. The smallest absolute Gasteiger partial charge is 0.169 e. The average Bonchev–Trinajstić information content (AvgIpc) is 3.14. The molecule has 0 atom stereocenters. The van der Waals surface area contributed by atoms with Gasteiger partial charge in [-0.3, -0.25) is 4.79 Å². The highest BCUT2D eigenvalue weighted by atomic mass is 32.1. The maximum atomic E-state index is 11.4. The van der Waals surface area contributed by atoms with Gasteiger partial charge in [0.2, 0.25) is 0 Å². The van der Waals surface area contributed by atoms with E-state index in [1.807, 2.05) is 42.2 Å². The molecular weight excluding hydrogens is 302 g/mol. The van der Waals surface area contributed by atoms with Crippen LogP contribution in [0.4, 0.5) is 0 Å². The number of thiophene rings is 1. The standard InChI is InChI=1S/C15H11N3OS2/c1-8(19)11-5-6-12(20-11)15-17-9-3-4-10-13(14(9)21-15)16-7-18(10)2/h3-7H,1-2H3. The third-order valence-electron chi connectivity index (χ3n) is 3.41. The van der Waals surface area contributed by atoms with Crippen LogP contribution in [-0.4, -0.2) is 20.3 Å². The summed E-state index contributed by atoms with van der Waals surface area (Å²) in [5, 5.41) is 0.945. The number of fused-ring (bicyclic) bond motifs is 3. The lowest BCUT2D eigenvalue weighted by Crippen LogP contribution is -1.83. The van der Waals surface area contributed by atoms with Crippen LogP contribution in [0.1, 0.15) is 16.6 Å². The lowest BCUT2D eigenvalue weighted by atomic mass is 10.3. The van der Waals surface area contributed by atoms with E-state index in [2.05, 4.69) is 9.97 Å². The van der Waals surface area contributed by atoms with Gasteiger partial charge in [-0.1, -0.05) is 0 Å². The number of aryl methyl sites for hydroxylation is 1. The number of aromatic nitrogens is 3. The van der Waals surface area contributed by atoms with E-state index in [9.17, 15) is 4.79 Å². The predicted molar refractivity (Wildman–Crippen MR) is 87.2 cm³/mol. The van der Waals surface area contributed by atoms with E-state index in [0.717, 1.165) is 36.0 Å². The average molecular weight is 313 g/mol. The highest BCUT2D eigenvalue weighted by molar-refractivity contribution is 7.26. The Kier molecular flexibility index (Phi) is 2.70. The number of imidazole rings is 1. The zero-order valence-corrected chi connectivity index (χ0v) is 13.1. The second-order valence-corrected chi connectivity index (χ2v) is 6.96. The number of nitrogens with zero attached hydrogens (tertiary/aromatic N) is 3. The minimum atomic E-state index is 0.0967. The fourth-order valence-electron chi connectivity index (χ4n) is 2.33. The van der Waals surface area contributed by atoms with Crippen molar-refractivity contribution in [2.75, 3.05) is 0 Å². The second kappa shape index (κ2) is 4.47. The van der Waals surface area contributed by atoms with Crippen LogP contribution in [0.5, 0.6) is 0 Å². The van der Waals surface area contributed by atoms with Gasteiger partial charge >= 0.3 is 0 Å². The summed E-state index contributed by atoms with van der Waals surface area (Å²) >= 11 is 3.12. The van der Waals surface area contributed by atoms with Gasteiger partial charge in [0, 0.05) is 7.05 Å². The maximum absolute atomic E-state index is 11.4. The van der Waals surface area contributed by atoms with Gasteiger partial charge in [-0.25, -0.2) is 9.97 Å². The predicted octanol–water partition coefficient (Wildman–Crippen LogP) is 4.11. The molecule has 0 radical (unpaired) electrons. The Hall–Kier alpha value is -2.05. The molecule has 0 amide bonds. The van der Waals surface area contributed by atoms with Crippen LogP contribution >= 0.6 is 22.7 Å². The van der Waals surface area contributed by atoms with Gasteiger partial charge in [0.15, 0.2) is 5.78 Å². The topological polar surface area (TPSA) is 47.8 Å². The molecule has 21 heavy (non-hydrogen) atoms. The summed E-state index contributed by atoms with van der Waals surface area (Å²) in [5.41, 5.74) is 3.05. The van der Waals surface area contributed by atoms with Gasteiger partial charge in [0.05, 0.1) is 31.8 Å². The zero-order chi connectivity index (χ0) is 14.6. The van der Waals surface area contributed by atoms with E-state index in [0.29, 0.717) is 0 Å². The first-order valence-corrected chi connectivity index (χ1v) is 8.08. The van der Waals surface area contributed by atoms with Crippen LogP contribution in [0.15, 0.2) is 30.6 Å². The summed E-state index contributed by atoms with van der Waals surface area (Å²) in [6.07, 6.45) is 1.82. The van der Waals surface area contributed by atoms with E-state index in [-0.39, 0.29) is 5.78 Å². The Morgan fingerprint density at radius 2 is 2.05 bits per heavy atom. The number of carbonyl (C=O) groups excluding carboxylic acids is 1. The Morgan fingerprint density at radius 3 is 2.81 bits per heavy atom. The molecule has 0 aliphatic heterocycles. The molecule has 4 aromatic rings. The van der Waals surface area contributed by atoms with Crippen LogP contribution in [-0.2, 0) is 7.05 Å². The third kappa shape index (κ3) is 1.91. The second-order valence-electron chi connectivity index (χ2n) is 4.88. The first kappa shape index (κ1) is 12.7. The van der Waals surface area contributed by atoms with E-state index in [1.165, 1.54) is 11.3 Å². The largest absolute Gasteiger partial charge is 0.334 e. The number of ketones is 1. The van der Waals surface area contributed by atoms with E-state index >= 15 is 0 Å².